The predicted molar refractivity (Wildman–Crippen MR) is 90.2 cm³/mol. The molecule has 0 radical (unpaired) electrons. The molecule has 3 nitrogen and oxygen atoms in total. The SMILES string of the molecule is CCOC(=O)C[C@H](N)c1ccccc1Sc1ccc(Cl)cc1. The molecule has 0 bridgehead atoms. The molecule has 0 aliphatic rings. The molecule has 2 N–H and O–H groups in total. The number of hydrogen-bond donors (Lipinski definition) is 1. The molecule has 1 atom stereocenters. The first-order valence-electron chi connectivity index (χ1n) is 7.03. The zero-order chi connectivity index (χ0) is 15.9. The fourth-order valence-electron chi connectivity index (χ4n) is 2.02. The second-order valence-electron chi connectivity index (χ2n) is 4.71. The lowest BCUT2D eigenvalue weighted by Gasteiger charge is -2.15. The average molecular weight is 336 g/mol. The first kappa shape index (κ1) is 16.9. The van der Waals surface area contributed by atoms with Gasteiger partial charge in [-0.05, 0) is 42.8 Å². The topological polar surface area (TPSA) is 52.3 Å². The Morgan fingerprint density at radius 2 is 1.91 bits per heavy atom. The summed E-state index contributed by atoms with van der Waals surface area (Å²) in [5, 5.41) is 0.705. The van der Waals surface area contributed by atoms with E-state index in [4.69, 9.17) is 22.1 Å². The van der Waals surface area contributed by atoms with Gasteiger partial charge in [0.2, 0.25) is 0 Å². The molecule has 0 amide bonds. The van der Waals surface area contributed by atoms with Crippen LogP contribution in [0.15, 0.2) is 58.3 Å². The maximum absolute atomic E-state index is 11.6. The molecule has 0 aromatic heterocycles. The highest BCUT2D eigenvalue weighted by Crippen LogP contribution is 2.34. The van der Waals surface area contributed by atoms with Gasteiger partial charge >= 0.3 is 5.97 Å². The molecular weight excluding hydrogens is 318 g/mol. The van der Waals surface area contributed by atoms with Crippen LogP contribution >= 0.6 is 23.4 Å². The summed E-state index contributed by atoms with van der Waals surface area (Å²) < 4.78 is 4.96. The summed E-state index contributed by atoms with van der Waals surface area (Å²) in [5.74, 6) is -0.277. The van der Waals surface area contributed by atoms with E-state index in [-0.39, 0.29) is 18.4 Å². The smallest absolute Gasteiger partial charge is 0.307 e. The molecule has 5 heteroatoms. The average Bonchev–Trinajstić information content (AvgIpc) is 2.50. The number of ether oxygens (including phenoxy) is 1. The first-order chi connectivity index (χ1) is 10.6. The second kappa shape index (κ2) is 8.22. The van der Waals surface area contributed by atoms with E-state index in [1.807, 2.05) is 48.5 Å². The van der Waals surface area contributed by atoms with Crippen molar-refractivity contribution in [3.63, 3.8) is 0 Å². The van der Waals surface area contributed by atoms with Gasteiger partial charge in [-0.15, -0.1) is 0 Å². The fourth-order valence-corrected chi connectivity index (χ4v) is 3.15. The highest BCUT2D eigenvalue weighted by Gasteiger charge is 2.16. The Labute approximate surface area is 139 Å². The van der Waals surface area contributed by atoms with Gasteiger partial charge in [0.15, 0.2) is 0 Å². The van der Waals surface area contributed by atoms with E-state index in [0.29, 0.717) is 11.6 Å². The summed E-state index contributed by atoms with van der Waals surface area (Å²) in [4.78, 5) is 13.7. The van der Waals surface area contributed by atoms with Gasteiger partial charge in [0, 0.05) is 20.9 Å². The summed E-state index contributed by atoms with van der Waals surface area (Å²) in [6.45, 7) is 2.15. The third-order valence-corrected chi connectivity index (χ3v) is 4.40. The van der Waals surface area contributed by atoms with Crippen LogP contribution in [0.4, 0.5) is 0 Å². The van der Waals surface area contributed by atoms with Gasteiger partial charge in [-0.2, -0.15) is 0 Å². The molecule has 0 saturated carbocycles. The number of carbonyl (C=O) groups excluding carboxylic acids is 1. The standard InChI is InChI=1S/C17H18ClNO2S/c1-2-21-17(20)11-15(19)14-5-3-4-6-16(14)22-13-9-7-12(18)8-10-13/h3-10,15H,2,11,19H2,1H3/t15-/m0/s1. The maximum atomic E-state index is 11.6. The predicted octanol–water partition coefficient (Wildman–Crippen LogP) is 4.44. The summed E-state index contributed by atoms with van der Waals surface area (Å²) in [5.41, 5.74) is 7.11. The van der Waals surface area contributed by atoms with Crippen LogP contribution in [0, 0.1) is 0 Å². The van der Waals surface area contributed by atoms with E-state index in [1.165, 1.54) is 0 Å². The zero-order valence-electron chi connectivity index (χ0n) is 12.3. The molecule has 2 aromatic carbocycles. The van der Waals surface area contributed by atoms with Crippen molar-refractivity contribution in [1.82, 2.24) is 0 Å². The molecule has 0 saturated heterocycles. The Morgan fingerprint density at radius 3 is 2.59 bits per heavy atom. The minimum atomic E-state index is -0.380. The number of rotatable bonds is 6. The third kappa shape index (κ3) is 4.77. The molecule has 2 aromatic rings. The van der Waals surface area contributed by atoms with Gasteiger partial charge in [-0.25, -0.2) is 0 Å². The van der Waals surface area contributed by atoms with Crippen LogP contribution < -0.4 is 5.73 Å². The Hall–Kier alpha value is -1.49. The van der Waals surface area contributed by atoms with Gasteiger partial charge in [-0.3, -0.25) is 4.79 Å². The van der Waals surface area contributed by atoms with Crippen molar-refractivity contribution in [2.45, 2.75) is 29.2 Å². The van der Waals surface area contributed by atoms with Crippen molar-refractivity contribution in [3.8, 4) is 0 Å². The van der Waals surface area contributed by atoms with Crippen molar-refractivity contribution in [2.75, 3.05) is 6.61 Å². The van der Waals surface area contributed by atoms with Crippen molar-refractivity contribution in [1.29, 1.82) is 0 Å². The quantitative estimate of drug-likeness (QED) is 0.793. The molecule has 0 heterocycles. The van der Waals surface area contributed by atoms with Crippen LogP contribution in [-0.4, -0.2) is 12.6 Å². The fraction of sp³-hybridized carbons (Fsp3) is 0.235. The Kier molecular flexibility index (Phi) is 6.31. The van der Waals surface area contributed by atoms with Gasteiger partial charge in [0.1, 0.15) is 0 Å². The van der Waals surface area contributed by atoms with Gasteiger partial charge in [-0.1, -0.05) is 41.6 Å². The van der Waals surface area contributed by atoms with E-state index in [9.17, 15) is 4.79 Å². The molecule has 116 valence electrons. The number of benzene rings is 2. The Bertz CT molecular complexity index is 631. The number of carbonyl (C=O) groups is 1. The maximum Gasteiger partial charge on any atom is 0.307 e. The minimum Gasteiger partial charge on any atom is -0.466 e. The van der Waals surface area contributed by atoms with Crippen molar-refractivity contribution in [3.05, 3.63) is 59.1 Å². The lowest BCUT2D eigenvalue weighted by Crippen LogP contribution is -2.17. The van der Waals surface area contributed by atoms with Crippen LogP contribution in [-0.2, 0) is 9.53 Å². The van der Waals surface area contributed by atoms with E-state index < -0.39 is 0 Å². The molecule has 0 spiro atoms. The molecular formula is C17H18ClNO2S. The first-order valence-corrected chi connectivity index (χ1v) is 8.23. The van der Waals surface area contributed by atoms with Crippen molar-refractivity contribution < 1.29 is 9.53 Å². The molecule has 0 aliphatic carbocycles. The summed E-state index contributed by atoms with van der Waals surface area (Å²) in [6, 6.07) is 15.1. The number of hydrogen-bond acceptors (Lipinski definition) is 4. The molecule has 0 unspecified atom stereocenters. The molecule has 2 rings (SSSR count). The lowest BCUT2D eigenvalue weighted by atomic mass is 10.1. The monoisotopic (exact) mass is 335 g/mol. The number of nitrogens with two attached hydrogens (primary N) is 1. The van der Waals surface area contributed by atoms with Crippen LogP contribution in [0.2, 0.25) is 5.02 Å². The number of halogens is 1. The highest BCUT2D eigenvalue weighted by atomic mass is 35.5. The van der Waals surface area contributed by atoms with E-state index in [0.717, 1.165) is 15.4 Å². The second-order valence-corrected chi connectivity index (χ2v) is 6.26. The Balaban J connectivity index is 2.15. The summed E-state index contributed by atoms with van der Waals surface area (Å²) >= 11 is 7.50. The van der Waals surface area contributed by atoms with E-state index in [1.54, 1.807) is 18.7 Å². The third-order valence-electron chi connectivity index (χ3n) is 3.05. The van der Waals surface area contributed by atoms with Crippen molar-refractivity contribution >= 4 is 29.3 Å². The van der Waals surface area contributed by atoms with Gasteiger partial charge in [0.25, 0.3) is 0 Å². The minimum absolute atomic E-state index is 0.173. The summed E-state index contributed by atoms with van der Waals surface area (Å²) in [6.07, 6.45) is 0.173. The molecule has 22 heavy (non-hydrogen) atoms. The normalized spacial score (nSPS) is 12.0. The van der Waals surface area contributed by atoms with E-state index >= 15 is 0 Å². The van der Waals surface area contributed by atoms with Crippen LogP contribution in [0.3, 0.4) is 0 Å². The van der Waals surface area contributed by atoms with Gasteiger partial charge in [0.05, 0.1) is 13.0 Å². The Morgan fingerprint density at radius 1 is 1.23 bits per heavy atom. The summed E-state index contributed by atoms with van der Waals surface area (Å²) in [7, 11) is 0. The van der Waals surface area contributed by atoms with Crippen LogP contribution in [0.5, 0.6) is 0 Å². The van der Waals surface area contributed by atoms with E-state index in [2.05, 4.69) is 0 Å². The lowest BCUT2D eigenvalue weighted by molar-refractivity contribution is -0.143. The number of esters is 1. The largest absolute Gasteiger partial charge is 0.466 e. The van der Waals surface area contributed by atoms with Gasteiger partial charge < -0.3 is 10.5 Å². The molecule has 0 aliphatic heterocycles. The highest BCUT2D eigenvalue weighted by molar-refractivity contribution is 7.99. The van der Waals surface area contributed by atoms with Crippen molar-refractivity contribution in [2.24, 2.45) is 5.73 Å². The van der Waals surface area contributed by atoms with Crippen LogP contribution in [0.25, 0.3) is 0 Å². The zero-order valence-corrected chi connectivity index (χ0v) is 13.9. The molecule has 0 fully saturated rings. The van der Waals surface area contributed by atoms with Crippen LogP contribution in [0.1, 0.15) is 24.9 Å².